The number of methoxy groups -OCH3 is 1. The van der Waals surface area contributed by atoms with Crippen LogP contribution >= 0.6 is 0 Å². The average molecular weight is 355 g/mol. The first-order valence-corrected chi connectivity index (χ1v) is 8.89. The van der Waals surface area contributed by atoms with E-state index in [1.807, 2.05) is 37.4 Å². The lowest BCUT2D eigenvalue weighted by atomic mass is 10.0. The molecule has 0 aliphatic heterocycles. The number of rotatable bonds is 7. The summed E-state index contributed by atoms with van der Waals surface area (Å²) in [5, 5.41) is 0. The van der Waals surface area contributed by atoms with Gasteiger partial charge < -0.3 is 14.5 Å². The van der Waals surface area contributed by atoms with E-state index in [1.54, 1.807) is 11.7 Å². The molecular weight excluding hydrogens is 330 g/mol. The molecule has 3 rings (SSSR count). The van der Waals surface area contributed by atoms with Crippen LogP contribution in [0.3, 0.4) is 0 Å². The van der Waals surface area contributed by atoms with Crippen LogP contribution in [0.5, 0.6) is 11.5 Å². The first kappa shape index (κ1) is 18.0. The number of benzene rings is 1. The smallest absolute Gasteiger partial charge is 0.327 e. The van der Waals surface area contributed by atoms with Crippen LogP contribution in [0.1, 0.15) is 31.9 Å². The molecule has 138 valence electrons. The fourth-order valence-corrected chi connectivity index (χ4v) is 3.09. The zero-order chi connectivity index (χ0) is 18.7. The van der Waals surface area contributed by atoms with Gasteiger partial charge in [-0.3, -0.25) is 4.57 Å². The standard InChI is InChI=1S/C20H25N3O3/c1-5-26-18-10-14(6-7-17(18)25-4)12-23-19-16(22-20(23)24)9-15(11-21-19)8-13(2)3/h6-7,9-11,13H,5,8,12H2,1-4H3,(H,22,24). The largest absolute Gasteiger partial charge is 0.493 e. The van der Waals surface area contributed by atoms with Crippen molar-refractivity contribution in [3.8, 4) is 11.5 Å². The maximum Gasteiger partial charge on any atom is 0.327 e. The number of aromatic nitrogens is 3. The molecule has 0 unspecified atom stereocenters. The summed E-state index contributed by atoms with van der Waals surface area (Å²) in [4.78, 5) is 19.9. The number of nitrogens with zero attached hydrogens (tertiary/aromatic N) is 2. The lowest BCUT2D eigenvalue weighted by Gasteiger charge is -2.11. The van der Waals surface area contributed by atoms with Crippen LogP contribution in [0, 0.1) is 5.92 Å². The van der Waals surface area contributed by atoms with Crippen LogP contribution in [0.15, 0.2) is 35.3 Å². The Kier molecular flexibility index (Phi) is 5.30. The normalized spacial score (nSPS) is 11.3. The Labute approximate surface area is 152 Å². The highest BCUT2D eigenvalue weighted by Gasteiger charge is 2.12. The van der Waals surface area contributed by atoms with Crippen molar-refractivity contribution >= 4 is 11.2 Å². The van der Waals surface area contributed by atoms with Crippen molar-refractivity contribution in [1.82, 2.24) is 14.5 Å². The zero-order valence-corrected chi connectivity index (χ0v) is 15.7. The number of aromatic amines is 1. The summed E-state index contributed by atoms with van der Waals surface area (Å²) in [5.41, 5.74) is 3.35. The second kappa shape index (κ2) is 7.64. The van der Waals surface area contributed by atoms with Crippen LogP contribution in [0.2, 0.25) is 0 Å². The van der Waals surface area contributed by atoms with E-state index in [4.69, 9.17) is 9.47 Å². The van der Waals surface area contributed by atoms with Gasteiger partial charge in [0.15, 0.2) is 17.1 Å². The van der Waals surface area contributed by atoms with Gasteiger partial charge in [-0.25, -0.2) is 9.78 Å². The summed E-state index contributed by atoms with van der Waals surface area (Å²) in [6, 6.07) is 7.70. The Bertz CT molecular complexity index is 957. The molecule has 2 heterocycles. The van der Waals surface area contributed by atoms with Crippen LogP contribution in [-0.2, 0) is 13.0 Å². The van der Waals surface area contributed by atoms with Crippen LogP contribution in [0.4, 0.5) is 0 Å². The van der Waals surface area contributed by atoms with Gasteiger partial charge in [0.2, 0.25) is 0 Å². The number of pyridine rings is 1. The Morgan fingerprint density at radius 1 is 1.19 bits per heavy atom. The summed E-state index contributed by atoms with van der Waals surface area (Å²) in [6.45, 7) is 7.22. The van der Waals surface area contributed by atoms with Crippen molar-refractivity contribution in [1.29, 1.82) is 0 Å². The van der Waals surface area contributed by atoms with Crippen LogP contribution in [0.25, 0.3) is 11.2 Å². The molecule has 2 aromatic heterocycles. The molecule has 0 amide bonds. The molecule has 0 spiro atoms. The van der Waals surface area contributed by atoms with E-state index >= 15 is 0 Å². The minimum absolute atomic E-state index is 0.164. The second-order valence-corrected chi connectivity index (χ2v) is 6.75. The third kappa shape index (κ3) is 3.74. The number of H-pyrrole nitrogens is 1. The number of fused-ring (bicyclic) bond motifs is 1. The fraction of sp³-hybridized carbons (Fsp3) is 0.400. The molecule has 0 saturated carbocycles. The Morgan fingerprint density at radius 2 is 2.00 bits per heavy atom. The minimum Gasteiger partial charge on any atom is -0.493 e. The van der Waals surface area contributed by atoms with Crippen molar-refractivity contribution < 1.29 is 9.47 Å². The average Bonchev–Trinajstić information content (AvgIpc) is 2.90. The molecule has 26 heavy (non-hydrogen) atoms. The number of nitrogens with one attached hydrogen (secondary N) is 1. The van der Waals surface area contributed by atoms with Crippen molar-refractivity contribution in [3.63, 3.8) is 0 Å². The maximum absolute atomic E-state index is 12.4. The van der Waals surface area contributed by atoms with Gasteiger partial charge in [-0.2, -0.15) is 0 Å². The maximum atomic E-state index is 12.4. The van der Waals surface area contributed by atoms with Gasteiger partial charge in [0.05, 0.1) is 25.8 Å². The summed E-state index contributed by atoms with van der Waals surface area (Å²) in [7, 11) is 1.61. The number of hydrogen-bond acceptors (Lipinski definition) is 4. The monoisotopic (exact) mass is 355 g/mol. The molecule has 3 aromatic rings. The summed E-state index contributed by atoms with van der Waals surface area (Å²) < 4.78 is 12.6. The molecule has 0 aliphatic carbocycles. The summed E-state index contributed by atoms with van der Waals surface area (Å²) in [5.74, 6) is 1.89. The second-order valence-electron chi connectivity index (χ2n) is 6.75. The molecule has 0 bridgehead atoms. The molecule has 0 radical (unpaired) electrons. The molecule has 1 N–H and O–H groups in total. The molecule has 1 aromatic carbocycles. The van der Waals surface area contributed by atoms with Gasteiger partial charge in [0, 0.05) is 6.20 Å². The zero-order valence-electron chi connectivity index (χ0n) is 15.7. The van der Waals surface area contributed by atoms with Crippen molar-refractivity contribution in [3.05, 3.63) is 52.1 Å². The van der Waals surface area contributed by atoms with E-state index in [-0.39, 0.29) is 5.69 Å². The van der Waals surface area contributed by atoms with E-state index < -0.39 is 0 Å². The Hall–Kier alpha value is -2.76. The SMILES string of the molecule is CCOc1cc(Cn2c(=O)[nH]c3cc(CC(C)C)cnc32)ccc1OC. The van der Waals surface area contributed by atoms with Gasteiger partial charge >= 0.3 is 5.69 Å². The highest BCUT2D eigenvalue weighted by molar-refractivity contribution is 5.71. The summed E-state index contributed by atoms with van der Waals surface area (Å²) in [6.07, 6.45) is 2.79. The van der Waals surface area contributed by atoms with E-state index in [2.05, 4.69) is 23.8 Å². The van der Waals surface area contributed by atoms with Gasteiger partial charge in [0.1, 0.15) is 0 Å². The number of imidazole rings is 1. The lowest BCUT2D eigenvalue weighted by Crippen LogP contribution is -2.17. The molecule has 6 heteroatoms. The summed E-state index contributed by atoms with van der Waals surface area (Å²) >= 11 is 0. The molecule has 0 fully saturated rings. The number of ether oxygens (including phenoxy) is 2. The Morgan fingerprint density at radius 3 is 2.69 bits per heavy atom. The van der Waals surface area contributed by atoms with Gasteiger partial charge in [0.25, 0.3) is 0 Å². The highest BCUT2D eigenvalue weighted by Crippen LogP contribution is 2.28. The van der Waals surface area contributed by atoms with Crippen molar-refractivity contribution in [2.75, 3.05) is 13.7 Å². The first-order valence-electron chi connectivity index (χ1n) is 8.89. The van der Waals surface area contributed by atoms with E-state index in [0.29, 0.717) is 36.2 Å². The van der Waals surface area contributed by atoms with Crippen molar-refractivity contribution in [2.24, 2.45) is 5.92 Å². The molecule has 0 aliphatic rings. The van der Waals surface area contributed by atoms with Crippen LogP contribution < -0.4 is 15.2 Å². The predicted octanol–water partition coefficient (Wildman–Crippen LogP) is 3.38. The third-order valence-electron chi connectivity index (χ3n) is 4.18. The topological polar surface area (TPSA) is 69.1 Å². The van der Waals surface area contributed by atoms with Gasteiger partial charge in [-0.05, 0) is 48.6 Å². The van der Waals surface area contributed by atoms with Gasteiger partial charge in [-0.15, -0.1) is 0 Å². The van der Waals surface area contributed by atoms with E-state index in [1.165, 1.54) is 0 Å². The van der Waals surface area contributed by atoms with Gasteiger partial charge in [-0.1, -0.05) is 19.9 Å². The molecule has 6 nitrogen and oxygen atoms in total. The highest BCUT2D eigenvalue weighted by atomic mass is 16.5. The van der Waals surface area contributed by atoms with Crippen molar-refractivity contribution in [2.45, 2.75) is 33.7 Å². The minimum atomic E-state index is -0.164. The predicted molar refractivity (Wildman–Crippen MR) is 102 cm³/mol. The molecule has 0 atom stereocenters. The molecule has 0 saturated heterocycles. The van der Waals surface area contributed by atoms with E-state index in [9.17, 15) is 4.79 Å². The van der Waals surface area contributed by atoms with Crippen LogP contribution in [-0.4, -0.2) is 28.3 Å². The quantitative estimate of drug-likeness (QED) is 0.705. The number of hydrogen-bond donors (Lipinski definition) is 1. The Balaban J connectivity index is 1.95. The third-order valence-corrected chi connectivity index (χ3v) is 4.18. The molecular formula is C20H25N3O3. The first-order chi connectivity index (χ1) is 12.5. The fourth-order valence-electron chi connectivity index (χ4n) is 3.09. The lowest BCUT2D eigenvalue weighted by molar-refractivity contribution is 0.310. The van der Waals surface area contributed by atoms with E-state index in [0.717, 1.165) is 23.1 Å².